The van der Waals surface area contributed by atoms with E-state index in [4.69, 9.17) is 9.47 Å². The van der Waals surface area contributed by atoms with Crippen LogP contribution in [0.25, 0.3) is 11.2 Å². The summed E-state index contributed by atoms with van der Waals surface area (Å²) in [7, 11) is -0.892. The van der Waals surface area contributed by atoms with E-state index in [1.54, 1.807) is 0 Å². The van der Waals surface area contributed by atoms with E-state index < -0.39 is 46.3 Å². The number of hydrogen-bond acceptors (Lipinski definition) is 9. The molecule has 0 bridgehead atoms. The van der Waals surface area contributed by atoms with Gasteiger partial charge in [-0.05, 0) is 24.3 Å². The number of anilines is 1. The zero-order chi connectivity index (χ0) is 26.0. The molecule has 192 valence electrons. The van der Waals surface area contributed by atoms with Gasteiger partial charge in [-0.15, -0.1) is 0 Å². The molecule has 3 aromatic rings. The second-order valence-corrected chi connectivity index (χ2v) is 9.94. The summed E-state index contributed by atoms with van der Waals surface area (Å²) in [5.41, 5.74) is -0.679. The second kappa shape index (κ2) is 10.0. The molecule has 0 spiro atoms. The van der Waals surface area contributed by atoms with Crippen molar-refractivity contribution in [3.63, 3.8) is 0 Å². The minimum atomic E-state index is -3.66. The summed E-state index contributed by atoms with van der Waals surface area (Å²) in [5.74, 6) is -1.44. The average Bonchev–Trinajstić information content (AvgIpc) is 3.29. The Labute approximate surface area is 204 Å². The van der Waals surface area contributed by atoms with E-state index in [-0.39, 0.29) is 29.1 Å². The Hall–Kier alpha value is -3.82. The predicted molar refractivity (Wildman–Crippen MR) is 126 cm³/mol. The van der Waals surface area contributed by atoms with E-state index in [1.165, 1.54) is 58.1 Å². The molecule has 2 aromatic heterocycles. The van der Waals surface area contributed by atoms with Crippen LogP contribution in [0.5, 0.6) is 0 Å². The van der Waals surface area contributed by atoms with E-state index in [2.05, 4.69) is 10.3 Å². The predicted octanol–water partition coefficient (Wildman–Crippen LogP) is -1.36. The zero-order valence-electron chi connectivity index (χ0n) is 19.5. The number of nitrogens with zero attached hydrogens (tertiary/aromatic N) is 5. The lowest BCUT2D eigenvalue weighted by Crippen LogP contribution is -2.40. The van der Waals surface area contributed by atoms with Crippen molar-refractivity contribution in [1.29, 1.82) is 0 Å². The minimum Gasteiger partial charge on any atom is -0.454 e. The average molecular weight is 521 g/mol. The van der Waals surface area contributed by atoms with Gasteiger partial charge in [-0.25, -0.2) is 18.2 Å². The van der Waals surface area contributed by atoms with Crippen molar-refractivity contribution in [2.75, 3.05) is 38.2 Å². The third-order valence-corrected chi connectivity index (χ3v) is 7.54. The van der Waals surface area contributed by atoms with E-state index in [0.717, 1.165) is 4.57 Å². The first-order valence-corrected chi connectivity index (χ1v) is 12.3. The SMILES string of the molecule is Cn1c(=O)c2c(ncn2CC(=O)OCC(=O)Nc2ccc(S(=O)(=O)N3CCOCC3)cc2)n(C)c1=O. The van der Waals surface area contributed by atoms with Crippen LogP contribution in [0.2, 0.25) is 0 Å². The van der Waals surface area contributed by atoms with Crippen molar-refractivity contribution in [1.82, 2.24) is 23.0 Å². The number of carbonyl (C=O) groups excluding carboxylic acids is 2. The van der Waals surface area contributed by atoms with Crippen LogP contribution in [0.15, 0.2) is 45.1 Å². The van der Waals surface area contributed by atoms with Gasteiger partial charge in [-0.2, -0.15) is 4.31 Å². The largest absolute Gasteiger partial charge is 0.454 e. The fourth-order valence-corrected chi connectivity index (χ4v) is 5.10. The smallest absolute Gasteiger partial charge is 0.332 e. The molecule has 1 fully saturated rings. The number of esters is 1. The lowest BCUT2D eigenvalue weighted by Gasteiger charge is -2.26. The van der Waals surface area contributed by atoms with Crippen LogP contribution >= 0.6 is 0 Å². The molecule has 1 amide bonds. The summed E-state index contributed by atoms with van der Waals surface area (Å²) in [4.78, 5) is 53.0. The molecular weight excluding hydrogens is 496 g/mol. The molecule has 36 heavy (non-hydrogen) atoms. The second-order valence-electron chi connectivity index (χ2n) is 8.00. The van der Waals surface area contributed by atoms with Crippen molar-refractivity contribution in [3.05, 3.63) is 51.4 Å². The Morgan fingerprint density at radius 1 is 1.08 bits per heavy atom. The van der Waals surface area contributed by atoms with E-state index in [1.807, 2.05) is 0 Å². The van der Waals surface area contributed by atoms with Gasteiger partial charge in [-0.1, -0.05) is 0 Å². The molecule has 15 heteroatoms. The number of benzene rings is 1. The monoisotopic (exact) mass is 520 g/mol. The van der Waals surface area contributed by atoms with E-state index in [0.29, 0.717) is 18.9 Å². The fourth-order valence-electron chi connectivity index (χ4n) is 3.69. The highest BCUT2D eigenvalue weighted by Gasteiger charge is 2.26. The first-order valence-electron chi connectivity index (χ1n) is 10.8. The Bertz CT molecular complexity index is 1530. The number of carbonyl (C=O) groups is 2. The van der Waals surface area contributed by atoms with E-state index >= 15 is 0 Å². The van der Waals surface area contributed by atoms with Gasteiger partial charge in [0.2, 0.25) is 10.0 Å². The summed E-state index contributed by atoms with van der Waals surface area (Å²) in [5, 5.41) is 2.52. The summed E-state index contributed by atoms with van der Waals surface area (Å²) in [6.45, 7) is 0.210. The molecule has 0 atom stereocenters. The number of aryl methyl sites for hydroxylation is 1. The third-order valence-electron chi connectivity index (χ3n) is 5.63. The van der Waals surface area contributed by atoms with Gasteiger partial charge in [0.05, 0.1) is 24.4 Å². The van der Waals surface area contributed by atoms with Gasteiger partial charge in [0.15, 0.2) is 17.8 Å². The maximum Gasteiger partial charge on any atom is 0.332 e. The molecule has 1 aliphatic rings. The molecule has 0 aliphatic carbocycles. The van der Waals surface area contributed by atoms with Gasteiger partial charge in [0.25, 0.3) is 11.5 Å². The van der Waals surface area contributed by atoms with Crippen LogP contribution in [0.3, 0.4) is 0 Å². The summed E-state index contributed by atoms with van der Waals surface area (Å²) in [6.07, 6.45) is 1.24. The molecule has 3 heterocycles. The van der Waals surface area contributed by atoms with Crippen molar-refractivity contribution in [2.24, 2.45) is 14.1 Å². The minimum absolute atomic E-state index is 0.0492. The lowest BCUT2D eigenvalue weighted by atomic mass is 10.3. The topological polar surface area (TPSA) is 164 Å². The van der Waals surface area contributed by atoms with Crippen molar-refractivity contribution >= 4 is 38.8 Å². The Kier molecular flexibility index (Phi) is 7.05. The van der Waals surface area contributed by atoms with Crippen LogP contribution in [-0.4, -0.2) is 76.2 Å². The van der Waals surface area contributed by atoms with Crippen molar-refractivity contribution in [3.8, 4) is 0 Å². The van der Waals surface area contributed by atoms with E-state index in [9.17, 15) is 27.6 Å². The van der Waals surface area contributed by atoms with Crippen LogP contribution in [0.1, 0.15) is 0 Å². The van der Waals surface area contributed by atoms with Crippen LogP contribution < -0.4 is 16.6 Å². The van der Waals surface area contributed by atoms with Gasteiger partial charge in [0, 0.05) is 32.9 Å². The number of morpholine rings is 1. The highest BCUT2D eigenvalue weighted by Crippen LogP contribution is 2.19. The van der Waals surface area contributed by atoms with Gasteiger partial charge < -0.3 is 19.4 Å². The number of imidazole rings is 1. The van der Waals surface area contributed by atoms with Crippen molar-refractivity contribution < 1.29 is 27.5 Å². The fraction of sp³-hybridized carbons (Fsp3) is 0.381. The number of nitrogens with one attached hydrogen (secondary N) is 1. The molecule has 1 aromatic carbocycles. The number of sulfonamides is 1. The molecule has 4 rings (SSSR count). The van der Waals surface area contributed by atoms with Gasteiger partial charge >= 0.3 is 11.7 Å². The Morgan fingerprint density at radius 2 is 1.75 bits per heavy atom. The molecule has 14 nitrogen and oxygen atoms in total. The number of ether oxygens (including phenoxy) is 2. The third kappa shape index (κ3) is 4.93. The Balaban J connectivity index is 1.34. The Morgan fingerprint density at radius 3 is 2.42 bits per heavy atom. The zero-order valence-corrected chi connectivity index (χ0v) is 20.4. The maximum absolute atomic E-state index is 12.7. The normalized spacial score (nSPS) is 14.6. The highest BCUT2D eigenvalue weighted by molar-refractivity contribution is 7.89. The highest BCUT2D eigenvalue weighted by atomic mass is 32.2. The molecule has 0 unspecified atom stereocenters. The number of aromatic nitrogens is 4. The lowest BCUT2D eigenvalue weighted by molar-refractivity contribution is -0.147. The van der Waals surface area contributed by atoms with Crippen LogP contribution in [-0.2, 0) is 49.7 Å². The number of rotatable bonds is 7. The first-order chi connectivity index (χ1) is 17.1. The molecule has 1 saturated heterocycles. The summed E-state index contributed by atoms with van der Waals surface area (Å²) < 4.78 is 40.2. The van der Waals surface area contributed by atoms with Crippen molar-refractivity contribution in [2.45, 2.75) is 11.4 Å². The van der Waals surface area contributed by atoms with Crippen LogP contribution in [0, 0.1) is 0 Å². The summed E-state index contributed by atoms with van der Waals surface area (Å²) in [6, 6.07) is 5.63. The molecule has 1 aliphatic heterocycles. The number of hydrogen-bond donors (Lipinski definition) is 1. The molecule has 1 N–H and O–H groups in total. The molecular formula is C21H24N6O8S. The van der Waals surface area contributed by atoms with Gasteiger partial charge in [0.1, 0.15) is 6.54 Å². The standard InChI is InChI=1S/C21H24N6O8S/c1-24-19-18(20(30)25(2)21(24)31)26(13-22-19)11-17(29)35-12-16(28)23-14-3-5-15(6-4-14)36(32,33)27-7-9-34-10-8-27/h3-6,13H,7-12H2,1-2H3,(H,23,28). The van der Waals surface area contributed by atoms with Crippen LogP contribution in [0.4, 0.5) is 5.69 Å². The number of amides is 1. The molecule has 0 radical (unpaired) electrons. The maximum atomic E-state index is 12.7. The first kappa shape index (κ1) is 25.3. The molecule has 0 saturated carbocycles. The number of fused-ring (bicyclic) bond motifs is 1. The summed E-state index contributed by atoms with van der Waals surface area (Å²) >= 11 is 0. The van der Waals surface area contributed by atoms with Gasteiger partial charge in [-0.3, -0.25) is 23.5 Å². The quantitative estimate of drug-likeness (QED) is 0.370.